The van der Waals surface area contributed by atoms with Gasteiger partial charge in [0.2, 0.25) is 0 Å². The van der Waals surface area contributed by atoms with Gasteiger partial charge < -0.3 is 0 Å². The van der Waals surface area contributed by atoms with E-state index in [0.29, 0.717) is 17.5 Å². The molecule has 36 heavy (non-hydrogen) atoms. The molecular weight excluding hydrogens is 446 g/mol. The summed E-state index contributed by atoms with van der Waals surface area (Å²) in [6.07, 6.45) is 27.1. The summed E-state index contributed by atoms with van der Waals surface area (Å²) in [5.41, 5.74) is 1.16. The smallest absolute Gasteiger partial charge is 0.162 e. The Labute approximate surface area is 220 Å². The van der Waals surface area contributed by atoms with Gasteiger partial charge in [0.05, 0.1) is 0 Å². The monoisotopic (exact) mass is 498 g/mol. The number of halogens is 2. The number of hydrogen-bond acceptors (Lipinski definition) is 0. The Balaban J connectivity index is 1.22. The molecule has 2 heteroatoms. The lowest BCUT2D eigenvalue weighted by atomic mass is 9.60. The average molecular weight is 499 g/mol. The third-order valence-corrected chi connectivity index (χ3v) is 10.4. The molecule has 4 unspecified atom stereocenters. The lowest BCUT2D eigenvalue weighted by Gasteiger charge is -2.45. The third kappa shape index (κ3) is 7.22. The van der Waals surface area contributed by atoms with Crippen molar-refractivity contribution in [3.63, 3.8) is 0 Å². The molecule has 3 saturated carbocycles. The Morgan fingerprint density at radius 1 is 0.750 bits per heavy atom. The average Bonchev–Trinajstić information content (AvgIpc) is 2.91. The van der Waals surface area contributed by atoms with Crippen LogP contribution in [0.4, 0.5) is 8.78 Å². The van der Waals surface area contributed by atoms with Crippen molar-refractivity contribution in [2.24, 2.45) is 29.6 Å². The van der Waals surface area contributed by atoms with E-state index >= 15 is 0 Å². The number of hydrogen-bond donors (Lipinski definition) is 0. The zero-order valence-corrected chi connectivity index (χ0v) is 23.3. The molecule has 1 aromatic carbocycles. The molecule has 0 amide bonds. The summed E-state index contributed by atoms with van der Waals surface area (Å²) in [5, 5.41) is 0. The van der Waals surface area contributed by atoms with E-state index in [-0.39, 0.29) is 5.92 Å². The van der Waals surface area contributed by atoms with Gasteiger partial charge in [0.1, 0.15) is 0 Å². The van der Waals surface area contributed by atoms with Crippen molar-refractivity contribution in [2.75, 3.05) is 0 Å². The second kappa shape index (κ2) is 14.1. The molecule has 0 spiro atoms. The maximum Gasteiger partial charge on any atom is 0.162 e. The van der Waals surface area contributed by atoms with Crippen LogP contribution in [0.5, 0.6) is 0 Å². The minimum atomic E-state index is -0.603. The van der Waals surface area contributed by atoms with E-state index in [9.17, 15) is 8.78 Å². The molecule has 0 nitrogen and oxygen atoms in total. The topological polar surface area (TPSA) is 0 Å². The SMILES string of the molecule is C/C=C/CCc1ccc(C2CCC(C3CCC4CC(CCCCCCC)CCC4C3)CC2)c(F)c1F. The molecule has 0 bridgehead atoms. The van der Waals surface area contributed by atoms with Crippen molar-refractivity contribution < 1.29 is 8.78 Å². The zero-order chi connectivity index (χ0) is 25.3. The molecule has 4 rings (SSSR count). The summed E-state index contributed by atoms with van der Waals surface area (Å²) in [4.78, 5) is 0. The van der Waals surface area contributed by atoms with Crippen LogP contribution in [0.1, 0.15) is 140 Å². The number of allylic oxidation sites excluding steroid dienone is 2. The van der Waals surface area contributed by atoms with Crippen LogP contribution in [0.2, 0.25) is 0 Å². The maximum absolute atomic E-state index is 15.0. The normalized spacial score (nSPS) is 31.0. The predicted molar refractivity (Wildman–Crippen MR) is 149 cm³/mol. The largest absolute Gasteiger partial charge is 0.203 e. The van der Waals surface area contributed by atoms with Crippen LogP contribution < -0.4 is 0 Å². The molecule has 3 aliphatic rings. The van der Waals surface area contributed by atoms with Crippen LogP contribution >= 0.6 is 0 Å². The zero-order valence-electron chi connectivity index (χ0n) is 23.3. The van der Waals surface area contributed by atoms with Gasteiger partial charge >= 0.3 is 0 Å². The molecular formula is C34H52F2. The number of aryl methyl sites for hydroxylation is 1. The maximum atomic E-state index is 15.0. The van der Waals surface area contributed by atoms with Crippen LogP contribution in [0.3, 0.4) is 0 Å². The third-order valence-electron chi connectivity index (χ3n) is 10.4. The van der Waals surface area contributed by atoms with Crippen molar-refractivity contribution in [1.82, 2.24) is 0 Å². The summed E-state index contributed by atoms with van der Waals surface area (Å²) in [6.45, 7) is 4.26. The Morgan fingerprint density at radius 3 is 2.17 bits per heavy atom. The van der Waals surface area contributed by atoms with Crippen molar-refractivity contribution in [1.29, 1.82) is 0 Å². The standard InChI is InChI=1S/C34H52F2/c1-3-5-7-8-10-11-25-13-14-31-24-30(20-19-29(31)23-25)26-15-17-27(18-16-26)32-22-21-28(12-9-6-4-2)33(35)34(32)36/h4,6,21-22,25-27,29-31H,3,5,7-20,23-24H2,1-2H3/b6-4+. The summed E-state index contributed by atoms with van der Waals surface area (Å²) >= 11 is 0. The summed E-state index contributed by atoms with van der Waals surface area (Å²) < 4.78 is 29.7. The van der Waals surface area contributed by atoms with Gasteiger partial charge in [-0.05, 0) is 124 Å². The highest BCUT2D eigenvalue weighted by atomic mass is 19.2. The van der Waals surface area contributed by atoms with E-state index in [2.05, 4.69) is 6.92 Å². The second-order valence-corrected chi connectivity index (χ2v) is 12.6. The van der Waals surface area contributed by atoms with E-state index < -0.39 is 11.6 Å². The van der Waals surface area contributed by atoms with Gasteiger partial charge in [0.15, 0.2) is 11.6 Å². The van der Waals surface area contributed by atoms with E-state index in [1.54, 1.807) is 0 Å². The quantitative estimate of drug-likeness (QED) is 0.210. The Kier molecular flexibility index (Phi) is 10.9. The summed E-state index contributed by atoms with van der Waals surface area (Å²) in [5.74, 6) is 3.69. The van der Waals surface area contributed by atoms with Gasteiger partial charge in [-0.2, -0.15) is 0 Å². The molecule has 0 heterocycles. The first kappa shape index (κ1) is 27.8. The second-order valence-electron chi connectivity index (χ2n) is 12.6. The minimum Gasteiger partial charge on any atom is -0.203 e. The highest BCUT2D eigenvalue weighted by Gasteiger charge is 2.39. The number of benzene rings is 1. The first-order valence-corrected chi connectivity index (χ1v) is 15.7. The lowest BCUT2D eigenvalue weighted by Crippen LogP contribution is -2.34. The Hall–Kier alpha value is -1.18. The number of rotatable bonds is 11. The van der Waals surface area contributed by atoms with Gasteiger partial charge in [-0.25, -0.2) is 8.78 Å². The van der Waals surface area contributed by atoms with Gasteiger partial charge in [0, 0.05) is 0 Å². The first-order chi connectivity index (χ1) is 17.6. The highest BCUT2D eigenvalue weighted by molar-refractivity contribution is 5.29. The van der Waals surface area contributed by atoms with Crippen LogP contribution in [-0.4, -0.2) is 0 Å². The van der Waals surface area contributed by atoms with E-state index in [4.69, 9.17) is 0 Å². The molecule has 4 atom stereocenters. The van der Waals surface area contributed by atoms with Crippen molar-refractivity contribution in [3.05, 3.63) is 47.0 Å². The van der Waals surface area contributed by atoms with Crippen molar-refractivity contribution in [3.8, 4) is 0 Å². The molecule has 3 aliphatic carbocycles. The fourth-order valence-electron chi connectivity index (χ4n) is 8.17. The van der Waals surface area contributed by atoms with E-state index in [1.807, 2.05) is 31.2 Å². The fourth-order valence-corrected chi connectivity index (χ4v) is 8.17. The minimum absolute atomic E-state index is 0.199. The van der Waals surface area contributed by atoms with Gasteiger partial charge in [-0.1, -0.05) is 76.2 Å². The van der Waals surface area contributed by atoms with Crippen molar-refractivity contribution in [2.45, 2.75) is 135 Å². The van der Waals surface area contributed by atoms with Crippen molar-refractivity contribution >= 4 is 0 Å². The Bertz CT molecular complexity index is 819. The first-order valence-electron chi connectivity index (χ1n) is 15.7. The summed E-state index contributed by atoms with van der Waals surface area (Å²) in [7, 11) is 0. The molecule has 3 fully saturated rings. The van der Waals surface area contributed by atoms with E-state index in [1.165, 1.54) is 89.9 Å². The van der Waals surface area contributed by atoms with Crippen LogP contribution in [0.15, 0.2) is 24.3 Å². The molecule has 0 saturated heterocycles. The Morgan fingerprint density at radius 2 is 1.42 bits per heavy atom. The fraction of sp³-hybridized carbons (Fsp3) is 0.765. The summed E-state index contributed by atoms with van der Waals surface area (Å²) in [6, 6.07) is 3.73. The van der Waals surface area contributed by atoms with Gasteiger partial charge in [0.25, 0.3) is 0 Å². The molecule has 0 radical (unpaired) electrons. The molecule has 1 aromatic rings. The van der Waals surface area contributed by atoms with Crippen LogP contribution in [0, 0.1) is 41.2 Å². The van der Waals surface area contributed by atoms with Gasteiger partial charge in [-0.15, -0.1) is 0 Å². The molecule has 202 valence electrons. The molecule has 0 aliphatic heterocycles. The number of fused-ring (bicyclic) bond motifs is 1. The van der Waals surface area contributed by atoms with E-state index in [0.717, 1.165) is 48.9 Å². The lowest BCUT2D eigenvalue weighted by molar-refractivity contribution is 0.0612. The van der Waals surface area contributed by atoms with Crippen LogP contribution in [0.25, 0.3) is 0 Å². The molecule has 0 N–H and O–H groups in total. The number of unbranched alkanes of at least 4 members (excludes halogenated alkanes) is 4. The predicted octanol–water partition coefficient (Wildman–Crippen LogP) is 10.9. The highest BCUT2D eigenvalue weighted by Crippen LogP contribution is 2.50. The van der Waals surface area contributed by atoms with Gasteiger partial charge in [-0.3, -0.25) is 0 Å². The van der Waals surface area contributed by atoms with Crippen LogP contribution in [-0.2, 0) is 6.42 Å². The molecule has 0 aromatic heterocycles.